The van der Waals surface area contributed by atoms with Gasteiger partial charge in [-0.3, -0.25) is 4.79 Å². The number of hydrogen-bond acceptors (Lipinski definition) is 5. The smallest absolute Gasteiger partial charge is 0.253 e. The lowest BCUT2D eigenvalue weighted by atomic mass is 9.73. The second-order valence-corrected chi connectivity index (χ2v) is 10.8. The van der Waals surface area contributed by atoms with Crippen LogP contribution in [0.15, 0.2) is 66.7 Å². The third-order valence-electron chi connectivity index (χ3n) is 7.72. The predicted octanol–water partition coefficient (Wildman–Crippen LogP) is 6.46. The number of unbranched alkanes of at least 4 members (excludes halogenated alkanes) is 1. The van der Waals surface area contributed by atoms with E-state index in [4.69, 9.17) is 26.8 Å². The molecular weight excluding hydrogens is 512 g/mol. The first-order chi connectivity index (χ1) is 18.9. The number of benzene rings is 3. The Morgan fingerprint density at radius 1 is 1.10 bits per heavy atom. The standard InChI is InChI=1S/C32H39ClN2O4/c1-23-9-3-4-13-29(23)39-30-27(11-7-12-28(30)33)32(37,18-5-6-20-38-2)26-10-8-19-35(22-26)31(36)25-16-14-24(21-34)15-17-25/h3-4,7,9,11-17,26,37H,5-6,8,10,18-22,34H2,1-2H3/t26?,32-/m0/s1. The lowest BCUT2D eigenvalue weighted by Crippen LogP contribution is -2.48. The fourth-order valence-corrected chi connectivity index (χ4v) is 5.66. The van der Waals surface area contributed by atoms with E-state index in [1.807, 2.05) is 72.5 Å². The number of nitrogens with two attached hydrogens (primary N) is 1. The molecule has 1 aliphatic heterocycles. The van der Waals surface area contributed by atoms with Gasteiger partial charge in [0.1, 0.15) is 5.75 Å². The first-order valence-electron chi connectivity index (χ1n) is 13.7. The van der Waals surface area contributed by atoms with E-state index in [1.165, 1.54) is 0 Å². The molecule has 0 spiro atoms. The van der Waals surface area contributed by atoms with Gasteiger partial charge in [-0.25, -0.2) is 0 Å². The van der Waals surface area contributed by atoms with Gasteiger partial charge in [-0.1, -0.05) is 54.1 Å². The van der Waals surface area contributed by atoms with Crippen LogP contribution in [-0.4, -0.2) is 42.7 Å². The van der Waals surface area contributed by atoms with Crippen molar-refractivity contribution in [1.82, 2.24) is 4.90 Å². The highest BCUT2D eigenvalue weighted by molar-refractivity contribution is 6.32. The van der Waals surface area contributed by atoms with Crippen LogP contribution >= 0.6 is 11.6 Å². The normalized spacial score (nSPS) is 17.1. The van der Waals surface area contributed by atoms with Crippen LogP contribution in [0.2, 0.25) is 5.02 Å². The fourth-order valence-electron chi connectivity index (χ4n) is 5.45. The van der Waals surface area contributed by atoms with Gasteiger partial charge >= 0.3 is 0 Å². The van der Waals surface area contributed by atoms with Crippen molar-refractivity contribution in [2.24, 2.45) is 11.7 Å². The molecule has 0 bridgehead atoms. The number of aliphatic hydroxyl groups is 1. The summed E-state index contributed by atoms with van der Waals surface area (Å²) in [5.41, 5.74) is 7.72. The third-order valence-corrected chi connectivity index (χ3v) is 8.01. The van der Waals surface area contributed by atoms with Crippen LogP contribution in [0.5, 0.6) is 11.5 Å². The van der Waals surface area contributed by atoms with Crippen LogP contribution < -0.4 is 10.5 Å². The van der Waals surface area contributed by atoms with Crippen LogP contribution in [0.3, 0.4) is 0 Å². The molecule has 1 saturated heterocycles. The highest BCUT2D eigenvalue weighted by Gasteiger charge is 2.43. The van der Waals surface area contributed by atoms with Crippen LogP contribution in [0.1, 0.15) is 59.2 Å². The topological polar surface area (TPSA) is 85.0 Å². The van der Waals surface area contributed by atoms with Gasteiger partial charge in [0.05, 0.1) is 10.6 Å². The van der Waals surface area contributed by atoms with E-state index in [2.05, 4.69) is 0 Å². The summed E-state index contributed by atoms with van der Waals surface area (Å²) >= 11 is 6.71. The maximum Gasteiger partial charge on any atom is 0.253 e. The van der Waals surface area contributed by atoms with Crippen LogP contribution in [-0.2, 0) is 16.9 Å². The molecule has 1 aliphatic rings. The van der Waals surface area contributed by atoms with Crippen LogP contribution in [0.25, 0.3) is 0 Å². The maximum atomic E-state index is 13.5. The van der Waals surface area contributed by atoms with Gasteiger partial charge in [0.25, 0.3) is 5.91 Å². The number of rotatable bonds is 11. The number of para-hydroxylation sites is 2. The predicted molar refractivity (Wildman–Crippen MR) is 155 cm³/mol. The number of ether oxygens (including phenoxy) is 2. The van der Waals surface area contributed by atoms with E-state index in [0.29, 0.717) is 60.3 Å². The third kappa shape index (κ3) is 6.82. The summed E-state index contributed by atoms with van der Waals surface area (Å²) in [6, 6.07) is 20.7. The quantitative estimate of drug-likeness (QED) is 0.268. The first-order valence-corrected chi connectivity index (χ1v) is 14.1. The van der Waals surface area contributed by atoms with E-state index in [0.717, 1.165) is 36.8 Å². The highest BCUT2D eigenvalue weighted by Crippen LogP contribution is 2.47. The summed E-state index contributed by atoms with van der Waals surface area (Å²) < 4.78 is 11.7. The summed E-state index contributed by atoms with van der Waals surface area (Å²) in [4.78, 5) is 15.3. The summed E-state index contributed by atoms with van der Waals surface area (Å²) in [6.45, 7) is 4.12. The molecule has 2 atom stereocenters. The summed E-state index contributed by atoms with van der Waals surface area (Å²) in [5.74, 6) is 0.921. The molecule has 208 valence electrons. The zero-order valence-electron chi connectivity index (χ0n) is 22.9. The highest BCUT2D eigenvalue weighted by atomic mass is 35.5. The Labute approximate surface area is 236 Å². The molecule has 0 aliphatic carbocycles. The van der Waals surface area contributed by atoms with E-state index in [-0.39, 0.29) is 11.8 Å². The number of amides is 1. The lowest BCUT2D eigenvalue weighted by Gasteiger charge is -2.43. The molecule has 0 saturated carbocycles. The zero-order valence-corrected chi connectivity index (χ0v) is 23.6. The van der Waals surface area contributed by atoms with E-state index in [9.17, 15) is 9.90 Å². The van der Waals surface area contributed by atoms with Gasteiger partial charge in [0, 0.05) is 50.4 Å². The van der Waals surface area contributed by atoms with Gasteiger partial charge in [-0.05, 0) is 74.4 Å². The Morgan fingerprint density at radius 2 is 1.87 bits per heavy atom. The molecule has 3 aromatic rings. The Bertz CT molecular complexity index is 1250. The molecule has 1 fully saturated rings. The molecule has 1 amide bonds. The van der Waals surface area contributed by atoms with Crippen molar-refractivity contribution in [3.63, 3.8) is 0 Å². The maximum absolute atomic E-state index is 13.5. The van der Waals surface area contributed by atoms with Gasteiger partial charge in [0.15, 0.2) is 5.75 Å². The Balaban J connectivity index is 1.67. The van der Waals surface area contributed by atoms with Crippen molar-refractivity contribution in [2.75, 3.05) is 26.8 Å². The van der Waals surface area contributed by atoms with Gasteiger partial charge in [-0.2, -0.15) is 0 Å². The number of piperidine rings is 1. The second kappa shape index (κ2) is 13.4. The largest absolute Gasteiger partial charge is 0.455 e. The molecule has 6 nitrogen and oxygen atoms in total. The molecule has 3 N–H and O–H groups in total. The number of aryl methyl sites for hydroxylation is 1. The van der Waals surface area contributed by atoms with Crippen molar-refractivity contribution >= 4 is 17.5 Å². The number of carbonyl (C=O) groups is 1. The summed E-state index contributed by atoms with van der Waals surface area (Å²) in [6.07, 6.45) is 3.65. The zero-order chi connectivity index (χ0) is 27.8. The van der Waals surface area contributed by atoms with Crippen molar-refractivity contribution in [1.29, 1.82) is 0 Å². The van der Waals surface area contributed by atoms with Crippen molar-refractivity contribution in [3.8, 4) is 11.5 Å². The molecule has 39 heavy (non-hydrogen) atoms. The average Bonchev–Trinajstić information content (AvgIpc) is 2.97. The van der Waals surface area contributed by atoms with Crippen LogP contribution in [0, 0.1) is 12.8 Å². The minimum Gasteiger partial charge on any atom is -0.455 e. The van der Waals surface area contributed by atoms with E-state index in [1.54, 1.807) is 13.2 Å². The van der Waals surface area contributed by atoms with Crippen LogP contribution in [0.4, 0.5) is 0 Å². The number of halogens is 1. The molecule has 4 rings (SSSR count). The van der Waals surface area contributed by atoms with Crippen molar-refractivity contribution in [3.05, 3.63) is 94.0 Å². The summed E-state index contributed by atoms with van der Waals surface area (Å²) in [5, 5.41) is 13.0. The van der Waals surface area contributed by atoms with E-state index >= 15 is 0 Å². The van der Waals surface area contributed by atoms with Gasteiger partial charge in [0.2, 0.25) is 0 Å². The molecular formula is C32H39ClN2O4. The fraction of sp³-hybridized carbons (Fsp3) is 0.406. The Hall–Kier alpha value is -2.90. The minimum atomic E-state index is -1.25. The number of hydrogen-bond donors (Lipinski definition) is 2. The summed E-state index contributed by atoms with van der Waals surface area (Å²) in [7, 11) is 1.68. The molecule has 0 aromatic heterocycles. The Morgan fingerprint density at radius 3 is 2.59 bits per heavy atom. The molecule has 3 aromatic carbocycles. The number of carbonyl (C=O) groups excluding carboxylic acids is 1. The van der Waals surface area contributed by atoms with Crippen molar-refractivity contribution < 1.29 is 19.4 Å². The first kappa shape index (κ1) is 29.1. The monoisotopic (exact) mass is 550 g/mol. The molecule has 1 heterocycles. The number of likely N-dealkylation sites (tertiary alicyclic amines) is 1. The lowest BCUT2D eigenvalue weighted by molar-refractivity contribution is -0.0589. The molecule has 0 radical (unpaired) electrons. The van der Waals surface area contributed by atoms with Crippen molar-refractivity contribution in [2.45, 2.75) is 51.2 Å². The van der Waals surface area contributed by atoms with Gasteiger partial charge < -0.3 is 25.2 Å². The SMILES string of the molecule is COCCCC[C@@](O)(c1cccc(Cl)c1Oc1ccccc1C)C1CCCN(C(=O)c2ccc(CN)cc2)C1. The minimum absolute atomic E-state index is 0.0347. The Kier molecular flexibility index (Phi) is 10.0. The van der Waals surface area contributed by atoms with Gasteiger partial charge in [-0.15, -0.1) is 0 Å². The molecule has 7 heteroatoms. The molecule has 1 unspecified atom stereocenters. The number of methoxy groups -OCH3 is 1. The van der Waals surface area contributed by atoms with E-state index < -0.39 is 5.60 Å². The number of nitrogens with zero attached hydrogens (tertiary/aromatic N) is 1. The average molecular weight is 551 g/mol. The second-order valence-electron chi connectivity index (χ2n) is 10.3.